The van der Waals surface area contributed by atoms with Gasteiger partial charge in [-0.2, -0.15) is 0 Å². The van der Waals surface area contributed by atoms with Crippen LogP contribution in [0.3, 0.4) is 0 Å². The molecule has 0 saturated heterocycles. The van der Waals surface area contributed by atoms with Gasteiger partial charge in [-0.3, -0.25) is 0 Å². The first-order chi connectivity index (χ1) is 36.7. The van der Waals surface area contributed by atoms with Gasteiger partial charge in [0.2, 0.25) is 0 Å². The Morgan fingerprint density at radius 1 is 0.243 bits per heavy atom. The summed E-state index contributed by atoms with van der Waals surface area (Å²) in [7, 11) is 0. The standard InChI is InChI=1S/C72H48N2/c1-4-20-51(21-5-1)70-66-33-13-12-31-63(66)64-44-41-56(48-68(64)71(70)52-22-6-2-7-23-52)54-25-16-29-60(46-54)73(59-42-39-50(40-43-59)55-38-37-49-19-10-11-24-53(49)45-55)61-30-17-26-57(47-61)62-34-18-35-67-65-32-14-15-36-69(65)74(72(62)67)58-27-8-3-9-28-58/h1-48H. The first-order valence-corrected chi connectivity index (χ1v) is 25.5. The second-order valence-corrected chi connectivity index (χ2v) is 19.2. The molecule has 1 aromatic heterocycles. The van der Waals surface area contributed by atoms with Gasteiger partial charge in [0.1, 0.15) is 0 Å². The Morgan fingerprint density at radius 3 is 1.49 bits per heavy atom. The second-order valence-electron chi connectivity index (χ2n) is 19.2. The molecule has 0 spiro atoms. The summed E-state index contributed by atoms with van der Waals surface area (Å²) in [6.07, 6.45) is 0. The van der Waals surface area contributed by atoms with Gasteiger partial charge in [-0.25, -0.2) is 0 Å². The summed E-state index contributed by atoms with van der Waals surface area (Å²) < 4.78 is 2.43. The van der Waals surface area contributed by atoms with Crippen LogP contribution in [0, 0.1) is 0 Å². The molecule has 0 aliphatic rings. The van der Waals surface area contributed by atoms with Gasteiger partial charge in [0.15, 0.2) is 0 Å². The topological polar surface area (TPSA) is 8.17 Å². The maximum absolute atomic E-state index is 2.43. The Labute approximate surface area is 430 Å². The van der Waals surface area contributed by atoms with Crippen molar-refractivity contribution in [1.82, 2.24) is 4.57 Å². The lowest BCUT2D eigenvalue weighted by atomic mass is 9.84. The van der Waals surface area contributed by atoms with Crippen LogP contribution in [0.2, 0.25) is 0 Å². The lowest BCUT2D eigenvalue weighted by Gasteiger charge is -2.27. The van der Waals surface area contributed by atoms with Crippen molar-refractivity contribution in [2.75, 3.05) is 4.90 Å². The largest absolute Gasteiger partial charge is 0.310 e. The molecule has 0 radical (unpaired) electrons. The molecule has 74 heavy (non-hydrogen) atoms. The minimum absolute atomic E-state index is 1.07. The molecule has 0 unspecified atom stereocenters. The third-order valence-electron chi connectivity index (χ3n) is 14.9. The fourth-order valence-corrected chi connectivity index (χ4v) is 11.5. The zero-order valence-corrected chi connectivity index (χ0v) is 40.6. The molecule has 0 saturated carbocycles. The first kappa shape index (κ1) is 43.1. The molecular weight excluding hydrogens is 893 g/mol. The van der Waals surface area contributed by atoms with Crippen molar-refractivity contribution in [2.45, 2.75) is 0 Å². The average molecular weight is 941 g/mol. The lowest BCUT2D eigenvalue weighted by Crippen LogP contribution is -2.10. The molecule has 0 amide bonds. The number of benzene rings is 13. The highest BCUT2D eigenvalue weighted by atomic mass is 15.1. The fraction of sp³-hybridized carbons (Fsp3) is 0. The molecule has 0 atom stereocenters. The van der Waals surface area contributed by atoms with Crippen LogP contribution < -0.4 is 4.90 Å². The van der Waals surface area contributed by atoms with E-state index in [9.17, 15) is 0 Å². The summed E-state index contributed by atoms with van der Waals surface area (Å²) >= 11 is 0. The Morgan fingerprint density at radius 2 is 0.743 bits per heavy atom. The lowest BCUT2D eigenvalue weighted by molar-refractivity contribution is 1.18. The zero-order valence-electron chi connectivity index (χ0n) is 40.6. The summed E-state index contributed by atoms with van der Waals surface area (Å²) in [5, 5.41) is 9.92. The smallest absolute Gasteiger partial charge is 0.0619 e. The zero-order chi connectivity index (χ0) is 49.0. The first-order valence-electron chi connectivity index (χ1n) is 25.5. The molecule has 346 valence electrons. The van der Waals surface area contributed by atoms with E-state index >= 15 is 0 Å². The summed E-state index contributed by atoms with van der Waals surface area (Å²) in [4.78, 5) is 2.42. The van der Waals surface area contributed by atoms with E-state index in [0.717, 1.165) is 39.4 Å². The number of aromatic nitrogens is 1. The van der Waals surface area contributed by atoms with Crippen molar-refractivity contribution < 1.29 is 0 Å². The minimum atomic E-state index is 1.07. The predicted molar refractivity (Wildman–Crippen MR) is 315 cm³/mol. The van der Waals surface area contributed by atoms with E-state index in [4.69, 9.17) is 0 Å². The number of fused-ring (bicyclic) bond motifs is 7. The van der Waals surface area contributed by atoms with Gasteiger partial charge in [-0.15, -0.1) is 0 Å². The fourth-order valence-electron chi connectivity index (χ4n) is 11.5. The maximum atomic E-state index is 2.43. The van der Waals surface area contributed by atoms with E-state index < -0.39 is 0 Å². The number of para-hydroxylation sites is 3. The van der Waals surface area contributed by atoms with Crippen LogP contribution in [-0.4, -0.2) is 4.57 Å². The molecule has 13 aromatic carbocycles. The molecule has 0 aliphatic carbocycles. The number of hydrogen-bond donors (Lipinski definition) is 0. The Balaban J connectivity index is 0.950. The molecule has 14 rings (SSSR count). The molecule has 14 aromatic rings. The van der Waals surface area contributed by atoms with E-state index in [-0.39, 0.29) is 0 Å². The van der Waals surface area contributed by atoms with Crippen LogP contribution in [0.25, 0.3) is 115 Å². The Bertz CT molecular complexity index is 4400. The van der Waals surface area contributed by atoms with Gasteiger partial charge < -0.3 is 9.47 Å². The van der Waals surface area contributed by atoms with E-state index in [1.807, 2.05) is 0 Å². The van der Waals surface area contributed by atoms with E-state index in [2.05, 4.69) is 301 Å². The van der Waals surface area contributed by atoms with Crippen LogP contribution in [0.5, 0.6) is 0 Å². The monoisotopic (exact) mass is 940 g/mol. The van der Waals surface area contributed by atoms with Gasteiger partial charge in [-0.05, 0) is 149 Å². The van der Waals surface area contributed by atoms with Gasteiger partial charge in [0, 0.05) is 39.1 Å². The van der Waals surface area contributed by atoms with Crippen molar-refractivity contribution in [3.8, 4) is 61.3 Å². The molecule has 0 aliphatic heterocycles. The Kier molecular flexibility index (Phi) is 10.6. The quantitative estimate of drug-likeness (QED) is 0.131. The van der Waals surface area contributed by atoms with Crippen molar-refractivity contribution in [3.63, 3.8) is 0 Å². The second kappa shape index (κ2) is 18.1. The van der Waals surface area contributed by atoms with Crippen molar-refractivity contribution in [2.24, 2.45) is 0 Å². The molecular formula is C72H48N2. The molecule has 0 fully saturated rings. The van der Waals surface area contributed by atoms with E-state index in [0.29, 0.717) is 0 Å². The third kappa shape index (κ3) is 7.43. The van der Waals surface area contributed by atoms with Crippen LogP contribution in [0.15, 0.2) is 291 Å². The van der Waals surface area contributed by atoms with Crippen LogP contribution in [0.4, 0.5) is 17.1 Å². The highest BCUT2D eigenvalue weighted by molar-refractivity contribution is 6.22. The van der Waals surface area contributed by atoms with Crippen molar-refractivity contribution >= 4 is 71.2 Å². The number of hydrogen-bond acceptors (Lipinski definition) is 1. The molecule has 1 heterocycles. The molecule has 2 nitrogen and oxygen atoms in total. The van der Waals surface area contributed by atoms with Crippen LogP contribution >= 0.6 is 0 Å². The molecule has 0 bridgehead atoms. The van der Waals surface area contributed by atoms with Gasteiger partial charge >= 0.3 is 0 Å². The normalized spacial score (nSPS) is 11.5. The van der Waals surface area contributed by atoms with Crippen molar-refractivity contribution in [1.29, 1.82) is 0 Å². The SMILES string of the molecule is c1ccc(-c2c(-c3ccccc3)c3cc(-c4cccc(N(c5ccc(-c6ccc7ccccc7c6)cc5)c5cccc(-c6cccc7c8ccccc8n(-c8ccccc8)c67)c5)c4)ccc3c3ccccc23)cc1. The molecule has 2 heteroatoms. The van der Waals surface area contributed by atoms with Crippen LogP contribution in [-0.2, 0) is 0 Å². The molecule has 0 N–H and O–H groups in total. The highest BCUT2D eigenvalue weighted by Crippen LogP contribution is 2.47. The van der Waals surface area contributed by atoms with Gasteiger partial charge in [0.25, 0.3) is 0 Å². The van der Waals surface area contributed by atoms with Gasteiger partial charge in [0.05, 0.1) is 11.0 Å². The maximum Gasteiger partial charge on any atom is 0.0619 e. The van der Waals surface area contributed by atoms with E-state index in [1.165, 1.54) is 93.1 Å². The number of rotatable bonds is 9. The van der Waals surface area contributed by atoms with Crippen molar-refractivity contribution in [3.05, 3.63) is 291 Å². The summed E-state index contributed by atoms with van der Waals surface area (Å²) in [6.45, 7) is 0. The number of nitrogens with zero attached hydrogens (tertiary/aromatic N) is 2. The Hall–Kier alpha value is -9.76. The highest BCUT2D eigenvalue weighted by Gasteiger charge is 2.21. The summed E-state index contributed by atoms with van der Waals surface area (Å²) in [5.41, 5.74) is 18.6. The van der Waals surface area contributed by atoms with Crippen LogP contribution in [0.1, 0.15) is 0 Å². The van der Waals surface area contributed by atoms with E-state index in [1.54, 1.807) is 0 Å². The summed E-state index contributed by atoms with van der Waals surface area (Å²) in [5.74, 6) is 0. The number of anilines is 3. The predicted octanol–water partition coefficient (Wildman–Crippen LogP) is 20.0. The minimum Gasteiger partial charge on any atom is -0.310 e. The third-order valence-corrected chi connectivity index (χ3v) is 14.9. The van der Waals surface area contributed by atoms with Gasteiger partial charge in [-0.1, -0.05) is 224 Å². The average Bonchev–Trinajstić information content (AvgIpc) is 3.82. The summed E-state index contributed by atoms with van der Waals surface area (Å²) in [6, 6.07) is 107.